The number of amides is 2. The van der Waals surface area contributed by atoms with E-state index in [9.17, 15) is 9.59 Å². The molecule has 1 aromatic rings. The molecule has 2 rings (SSSR count). The van der Waals surface area contributed by atoms with E-state index in [1.54, 1.807) is 6.92 Å². The third-order valence-corrected chi connectivity index (χ3v) is 4.09. The van der Waals surface area contributed by atoms with Gasteiger partial charge in [0, 0.05) is 26.1 Å². The molecule has 19 heavy (non-hydrogen) atoms. The average Bonchev–Trinajstić information content (AvgIpc) is 2.98. The van der Waals surface area contributed by atoms with E-state index in [4.69, 9.17) is 5.73 Å². The molecule has 1 saturated heterocycles. The summed E-state index contributed by atoms with van der Waals surface area (Å²) in [4.78, 5) is 30.0. The third kappa shape index (κ3) is 3.44. The van der Waals surface area contributed by atoms with E-state index in [0.717, 1.165) is 25.9 Å². The van der Waals surface area contributed by atoms with Crippen molar-refractivity contribution in [3.05, 3.63) is 10.6 Å². The lowest BCUT2D eigenvalue weighted by atomic mass is 10.3. The summed E-state index contributed by atoms with van der Waals surface area (Å²) in [6, 6.07) is 0. The van der Waals surface area contributed by atoms with Crippen LogP contribution in [0, 0.1) is 6.92 Å². The molecule has 1 aliphatic heterocycles. The van der Waals surface area contributed by atoms with Gasteiger partial charge in [0.1, 0.15) is 4.88 Å². The van der Waals surface area contributed by atoms with E-state index < -0.39 is 0 Å². The molecule has 1 aromatic heterocycles. The van der Waals surface area contributed by atoms with E-state index in [0.29, 0.717) is 28.7 Å². The Morgan fingerprint density at radius 3 is 2.68 bits per heavy atom. The minimum atomic E-state index is -0.207. The Kier molecular flexibility index (Phi) is 4.36. The number of carbonyl (C=O) groups excluding carboxylic acids is 2. The van der Waals surface area contributed by atoms with Crippen molar-refractivity contribution >= 4 is 28.3 Å². The summed E-state index contributed by atoms with van der Waals surface area (Å²) in [5.41, 5.74) is 6.17. The number of hydrogen-bond acceptors (Lipinski definition) is 5. The highest BCUT2D eigenvalue weighted by Crippen LogP contribution is 2.19. The van der Waals surface area contributed by atoms with Crippen LogP contribution in [0.5, 0.6) is 0 Å². The fraction of sp³-hybridized carbons (Fsp3) is 0.583. The molecule has 0 bridgehead atoms. The second-order valence-electron chi connectivity index (χ2n) is 4.56. The zero-order valence-corrected chi connectivity index (χ0v) is 11.8. The number of rotatable bonds is 4. The van der Waals surface area contributed by atoms with Gasteiger partial charge in [-0.15, -0.1) is 0 Å². The molecule has 0 aliphatic carbocycles. The van der Waals surface area contributed by atoms with Gasteiger partial charge in [-0.3, -0.25) is 9.59 Å². The van der Waals surface area contributed by atoms with Gasteiger partial charge >= 0.3 is 0 Å². The maximum absolute atomic E-state index is 11.9. The average molecular weight is 282 g/mol. The Hall–Kier alpha value is -1.63. The molecule has 0 saturated carbocycles. The van der Waals surface area contributed by atoms with Gasteiger partial charge in [-0.2, -0.15) is 0 Å². The van der Waals surface area contributed by atoms with Crippen LogP contribution in [0.1, 0.15) is 34.6 Å². The first-order valence-corrected chi connectivity index (χ1v) is 7.18. The number of aryl methyl sites for hydroxylation is 1. The molecule has 0 radical (unpaired) electrons. The van der Waals surface area contributed by atoms with Gasteiger partial charge in [0.2, 0.25) is 5.91 Å². The van der Waals surface area contributed by atoms with Crippen LogP contribution < -0.4 is 11.1 Å². The summed E-state index contributed by atoms with van der Waals surface area (Å²) in [7, 11) is 0. The first-order valence-electron chi connectivity index (χ1n) is 6.37. The molecule has 0 spiro atoms. The van der Waals surface area contributed by atoms with Crippen molar-refractivity contribution < 1.29 is 9.59 Å². The van der Waals surface area contributed by atoms with Crippen LogP contribution in [0.2, 0.25) is 0 Å². The Morgan fingerprint density at radius 1 is 1.42 bits per heavy atom. The molecule has 0 unspecified atom stereocenters. The normalized spacial score (nSPS) is 14.7. The number of likely N-dealkylation sites (tertiary alicyclic amines) is 1. The number of anilines is 1. The number of aromatic nitrogens is 1. The highest BCUT2D eigenvalue weighted by Gasteiger charge is 2.18. The number of nitrogens with zero attached hydrogens (tertiary/aromatic N) is 2. The monoisotopic (exact) mass is 282 g/mol. The van der Waals surface area contributed by atoms with Crippen molar-refractivity contribution in [3.8, 4) is 0 Å². The Morgan fingerprint density at radius 2 is 2.11 bits per heavy atom. The quantitative estimate of drug-likeness (QED) is 0.854. The molecule has 104 valence electrons. The minimum Gasteiger partial charge on any atom is -0.375 e. The number of nitrogens with two attached hydrogens (primary N) is 1. The molecule has 1 aliphatic rings. The van der Waals surface area contributed by atoms with Crippen LogP contribution in [0.4, 0.5) is 5.13 Å². The van der Waals surface area contributed by atoms with Gasteiger partial charge in [0.15, 0.2) is 5.13 Å². The predicted octanol–water partition coefficient (Wildman–Crippen LogP) is 0.776. The lowest BCUT2D eigenvalue weighted by Gasteiger charge is -2.15. The molecule has 0 aromatic carbocycles. The van der Waals surface area contributed by atoms with E-state index in [1.807, 2.05) is 4.90 Å². The maximum Gasteiger partial charge on any atom is 0.263 e. The van der Waals surface area contributed by atoms with Gasteiger partial charge in [-0.1, -0.05) is 11.3 Å². The SMILES string of the molecule is Cc1nc(N)sc1C(=O)NCCC(=O)N1CCCC1. The molecule has 3 N–H and O–H groups in total. The van der Waals surface area contributed by atoms with Gasteiger partial charge in [0.25, 0.3) is 5.91 Å². The van der Waals surface area contributed by atoms with Crippen LogP contribution in [-0.4, -0.2) is 41.3 Å². The lowest BCUT2D eigenvalue weighted by Crippen LogP contribution is -2.32. The summed E-state index contributed by atoms with van der Waals surface area (Å²) in [6.07, 6.45) is 2.51. The van der Waals surface area contributed by atoms with Crippen LogP contribution in [0.15, 0.2) is 0 Å². The van der Waals surface area contributed by atoms with Crippen LogP contribution >= 0.6 is 11.3 Å². The van der Waals surface area contributed by atoms with E-state index in [1.165, 1.54) is 11.3 Å². The van der Waals surface area contributed by atoms with Gasteiger partial charge < -0.3 is 16.0 Å². The van der Waals surface area contributed by atoms with Crippen LogP contribution in [0.25, 0.3) is 0 Å². The van der Waals surface area contributed by atoms with E-state index >= 15 is 0 Å². The summed E-state index contributed by atoms with van der Waals surface area (Å²) in [5.74, 6) is -0.0979. The van der Waals surface area contributed by atoms with Gasteiger partial charge in [0.05, 0.1) is 5.69 Å². The largest absolute Gasteiger partial charge is 0.375 e. The number of carbonyl (C=O) groups is 2. The number of thiazole rings is 1. The molecule has 2 amide bonds. The van der Waals surface area contributed by atoms with Crippen LogP contribution in [0.3, 0.4) is 0 Å². The lowest BCUT2D eigenvalue weighted by molar-refractivity contribution is -0.129. The topological polar surface area (TPSA) is 88.3 Å². The fourth-order valence-corrected chi connectivity index (χ4v) is 2.87. The number of nitrogens with one attached hydrogen (secondary N) is 1. The molecule has 6 nitrogen and oxygen atoms in total. The third-order valence-electron chi connectivity index (χ3n) is 3.10. The Labute approximate surface area is 116 Å². The van der Waals surface area contributed by atoms with E-state index in [2.05, 4.69) is 10.3 Å². The summed E-state index contributed by atoms with van der Waals surface area (Å²) >= 11 is 1.17. The van der Waals surface area contributed by atoms with Crippen molar-refractivity contribution in [2.75, 3.05) is 25.4 Å². The van der Waals surface area contributed by atoms with Crippen molar-refractivity contribution in [2.45, 2.75) is 26.2 Å². The minimum absolute atomic E-state index is 0.110. The van der Waals surface area contributed by atoms with Crippen molar-refractivity contribution in [1.82, 2.24) is 15.2 Å². The smallest absolute Gasteiger partial charge is 0.263 e. The first-order chi connectivity index (χ1) is 9.08. The molecule has 7 heteroatoms. The maximum atomic E-state index is 11.9. The van der Waals surface area contributed by atoms with Crippen molar-refractivity contribution in [3.63, 3.8) is 0 Å². The second-order valence-corrected chi connectivity index (χ2v) is 5.59. The summed E-state index contributed by atoms with van der Waals surface area (Å²) < 4.78 is 0. The summed E-state index contributed by atoms with van der Waals surface area (Å²) in [6.45, 7) is 3.79. The first kappa shape index (κ1) is 13.8. The molecule has 0 atom stereocenters. The Bertz CT molecular complexity index is 480. The molecule has 1 fully saturated rings. The predicted molar refractivity (Wildman–Crippen MR) is 74.0 cm³/mol. The zero-order chi connectivity index (χ0) is 13.8. The Balaban J connectivity index is 1.77. The second kappa shape index (κ2) is 6.01. The molecular formula is C12H18N4O2S. The number of nitrogen functional groups attached to an aromatic ring is 1. The van der Waals surface area contributed by atoms with Crippen LogP contribution in [-0.2, 0) is 4.79 Å². The summed E-state index contributed by atoms with van der Waals surface area (Å²) in [5, 5.41) is 3.12. The van der Waals surface area contributed by atoms with Crippen molar-refractivity contribution in [1.29, 1.82) is 0 Å². The molecular weight excluding hydrogens is 264 g/mol. The van der Waals surface area contributed by atoms with Gasteiger partial charge in [-0.05, 0) is 19.8 Å². The molecule has 2 heterocycles. The van der Waals surface area contributed by atoms with Crippen molar-refractivity contribution in [2.24, 2.45) is 0 Å². The number of hydrogen-bond donors (Lipinski definition) is 2. The standard InChI is InChI=1S/C12H18N4O2S/c1-8-10(19-12(13)15-8)11(18)14-5-4-9(17)16-6-2-3-7-16/h2-7H2,1H3,(H2,13,15)(H,14,18). The van der Waals surface area contributed by atoms with E-state index in [-0.39, 0.29) is 11.8 Å². The fourth-order valence-electron chi connectivity index (χ4n) is 2.12. The highest BCUT2D eigenvalue weighted by atomic mass is 32.1. The zero-order valence-electron chi connectivity index (χ0n) is 10.9. The van der Waals surface area contributed by atoms with Gasteiger partial charge in [-0.25, -0.2) is 4.98 Å². The highest BCUT2D eigenvalue weighted by molar-refractivity contribution is 7.17.